The second-order valence-corrected chi connectivity index (χ2v) is 6.48. The van der Waals surface area contributed by atoms with Crippen molar-refractivity contribution in [1.82, 2.24) is 0 Å². The van der Waals surface area contributed by atoms with Crippen LogP contribution in [0.3, 0.4) is 0 Å². The van der Waals surface area contributed by atoms with Crippen LogP contribution >= 0.6 is 0 Å². The first kappa shape index (κ1) is 15.1. The molecule has 0 N–H and O–H groups in total. The fourth-order valence-corrected chi connectivity index (χ4v) is 2.91. The number of hydrogen-bond donors (Lipinski definition) is 0. The van der Waals surface area contributed by atoms with E-state index < -0.39 is 0 Å². The van der Waals surface area contributed by atoms with E-state index in [1.54, 1.807) is 0 Å². The lowest BCUT2D eigenvalue weighted by Gasteiger charge is -2.33. The zero-order valence-electron chi connectivity index (χ0n) is 12.9. The Morgan fingerprint density at radius 3 is 2.85 bits per heavy atom. The van der Waals surface area contributed by atoms with E-state index in [9.17, 15) is 4.79 Å². The molecule has 1 aliphatic rings. The highest BCUT2D eigenvalue weighted by Gasteiger charge is 2.29. The van der Waals surface area contributed by atoms with Gasteiger partial charge in [0.15, 0.2) is 0 Å². The molecule has 0 amide bonds. The average molecular weight is 274 g/mol. The molecule has 0 spiro atoms. The predicted molar refractivity (Wildman–Crippen MR) is 82.5 cm³/mol. The lowest BCUT2D eigenvalue weighted by atomic mass is 9.78. The van der Waals surface area contributed by atoms with Crippen LogP contribution in [0.2, 0.25) is 0 Å². The van der Waals surface area contributed by atoms with Gasteiger partial charge in [-0.25, -0.2) is 0 Å². The molecule has 0 bridgehead atoms. The second-order valence-electron chi connectivity index (χ2n) is 6.48. The summed E-state index contributed by atoms with van der Waals surface area (Å²) in [6.45, 7) is 7.48. The average Bonchev–Trinajstić information content (AvgIpc) is 2.43. The first-order valence-electron chi connectivity index (χ1n) is 7.81. The van der Waals surface area contributed by atoms with E-state index in [-0.39, 0.29) is 11.3 Å². The summed E-state index contributed by atoms with van der Waals surface area (Å²) in [5.74, 6) is 1.02. The van der Waals surface area contributed by atoms with Crippen molar-refractivity contribution < 1.29 is 9.53 Å². The van der Waals surface area contributed by atoms with E-state index in [0.717, 1.165) is 43.5 Å². The third-order valence-electron chi connectivity index (χ3n) is 4.43. The number of unbranched alkanes of at least 4 members (excludes halogenated alkanes) is 2. The highest BCUT2D eigenvalue weighted by atomic mass is 16.5. The molecule has 0 radical (unpaired) electrons. The van der Waals surface area contributed by atoms with Gasteiger partial charge < -0.3 is 9.53 Å². The van der Waals surface area contributed by atoms with Gasteiger partial charge in [-0.2, -0.15) is 0 Å². The summed E-state index contributed by atoms with van der Waals surface area (Å²) in [5, 5.41) is 0. The molecule has 0 saturated heterocycles. The van der Waals surface area contributed by atoms with E-state index in [2.05, 4.69) is 32.9 Å². The highest BCUT2D eigenvalue weighted by molar-refractivity contribution is 5.63. The zero-order valence-corrected chi connectivity index (χ0v) is 12.9. The summed E-state index contributed by atoms with van der Waals surface area (Å²) < 4.78 is 5.74. The van der Waals surface area contributed by atoms with Crippen LogP contribution in [0.5, 0.6) is 5.75 Å². The molecule has 110 valence electrons. The van der Waals surface area contributed by atoms with Crippen LogP contribution in [0.1, 0.15) is 69.9 Å². The number of carbonyl (C=O) groups is 1. The molecule has 20 heavy (non-hydrogen) atoms. The summed E-state index contributed by atoms with van der Waals surface area (Å²) in [6, 6.07) is 6.30. The normalized spacial score (nSPS) is 17.9. The Labute approximate surface area is 122 Å². The standard InChI is InChI=1S/C18H26O2/c1-4-5-6-7-15(13-19)14-8-9-17-16(12-14)18(2,3)10-11-20-17/h8-9,12-13,15H,4-7,10-11H2,1-3H3. The molecular formula is C18H26O2. The molecule has 1 atom stereocenters. The molecule has 0 aromatic heterocycles. The fourth-order valence-electron chi connectivity index (χ4n) is 2.91. The first-order chi connectivity index (χ1) is 9.58. The van der Waals surface area contributed by atoms with Crippen LogP contribution in [-0.2, 0) is 10.2 Å². The Morgan fingerprint density at radius 1 is 1.35 bits per heavy atom. The van der Waals surface area contributed by atoms with Crippen molar-refractivity contribution in [3.63, 3.8) is 0 Å². The molecular weight excluding hydrogens is 248 g/mol. The van der Waals surface area contributed by atoms with Gasteiger partial charge in [-0.05, 0) is 29.9 Å². The minimum atomic E-state index is 0.0320. The molecule has 2 rings (SSSR count). The van der Waals surface area contributed by atoms with Crippen LogP contribution in [0, 0.1) is 0 Å². The Hall–Kier alpha value is -1.31. The minimum Gasteiger partial charge on any atom is -0.493 e. The maximum Gasteiger partial charge on any atom is 0.127 e. The van der Waals surface area contributed by atoms with Gasteiger partial charge >= 0.3 is 0 Å². The number of fused-ring (bicyclic) bond motifs is 1. The number of hydrogen-bond acceptors (Lipinski definition) is 2. The topological polar surface area (TPSA) is 26.3 Å². The minimum absolute atomic E-state index is 0.0320. The number of benzene rings is 1. The molecule has 1 aromatic carbocycles. The molecule has 2 nitrogen and oxygen atoms in total. The Balaban J connectivity index is 2.22. The van der Waals surface area contributed by atoms with E-state index >= 15 is 0 Å². The van der Waals surface area contributed by atoms with Gasteiger partial charge in [-0.3, -0.25) is 0 Å². The van der Waals surface area contributed by atoms with Gasteiger partial charge in [0.05, 0.1) is 6.61 Å². The monoisotopic (exact) mass is 274 g/mol. The van der Waals surface area contributed by atoms with E-state index in [1.165, 1.54) is 18.4 Å². The predicted octanol–water partition coefficient (Wildman–Crippen LogP) is 4.61. The maximum atomic E-state index is 11.4. The molecule has 0 fully saturated rings. The summed E-state index contributed by atoms with van der Waals surface area (Å²) in [5.41, 5.74) is 2.54. The largest absolute Gasteiger partial charge is 0.493 e. The van der Waals surface area contributed by atoms with Gasteiger partial charge in [0.2, 0.25) is 0 Å². The summed E-state index contributed by atoms with van der Waals surface area (Å²) in [7, 11) is 0. The second kappa shape index (κ2) is 6.43. The summed E-state index contributed by atoms with van der Waals surface area (Å²) >= 11 is 0. The highest BCUT2D eigenvalue weighted by Crippen LogP contribution is 2.40. The van der Waals surface area contributed by atoms with Crippen LogP contribution in [0.4, 0.5) is 0 Å². The van der Waals surface area contributed by atoms with Gasteiger partial charge in [0, 0.05) is 11.5 Å². The van der Waals surface area contributed by atoms with Crippen LogP contribution in [0.15, 0.2) is 18.2 Å². The molecule has 2 heteroatoms. The van der Waals surface area contributed by atoms with Crippen LogP contribution in [0.25, 0.3) is 0 Å². The zero-order chi connectivity index (χ0) is 14.6. The van der Waals surface area contributed by atoms with Gasteiger partial charge in [0.1, 0.15) is 12.0 Å². The Morgan fingerprint density at radius 2 is 2.15 bits per heavy atom. The molecule has 1 aromatic rings. The van der Waals surface area contributed by atoms with Crippen molar-refractivity contribution in [2.45, 2.75) is 64.2 Å². The number of ether oxygens (including phenoxy) is 1. The lowest BCUT2D eigenvalue weighted by molar-refractivity contribution is -0.109. The van der Waals surface area contributed by atoms with Gasteiger partial charge in [0.25, 0.3) is 0 Å². The van der Waals surface area contributed by atoms with E-state index in [0.29, 0.717) is 0 Å². The fraction of sp³-hybridized carbons (Fsp3) is 0.611. The third kappa shape index (κ3) is 3.23. The molecule has 1 unspecified atom stereocenters. The molecule has 0 aliphatic carbocycles. The van der Waals surface area contributed by atoms with Gasteiger partial charge in [-0.15, -0.1) is 0 Å². The maximum absolute atomic E-state index is 11.4. The van der Waals surface area contributed by atoms with E-state index in [1.807, 2.05) is 6.07 Å². The Kier molecular flexibility index (Phi) is 4.85. The lowest BCUT2D eigenvalue weighted by Crippen LogP contribution is -2.26. The number of aldehydes is 1. The number of carbonyl (C=O) groups excluding carboxylic acids is 1. The number of rotatable bonds is 6. The first-order valence-corrected chi connectivity index (χ1v) is 7.81. The van der Waals surface area contributed by atoms with Crippen LogP contribution in [-0.4, -0.2) is 12.9 Å². The SMILES string of the molecule is CCCCCC(C=O)c1ccc2c(c1)C(C)(C)CCO2. The molecule has 0 saturated carbocycles. The molecule has 1 aliphatic heterocycles. The quantitative estimate of drug-likeness (QED) is 0.559. The van der Waals surface area contributed by atoms with Crippen molar-refractivity contribution in [3.05, 3.63) is 29.3 Å². The van der Waals surface area contributed by atoms with Crippen molar-refractivity contribution >= 4 is 6.29 Å². The van der Waals surface area contributed by atoms with Gasteiger partial charge in [-0.1, -0.05) is 52.2 Å². The summed E-state index contributed by atoms with van der Waals surface area (Å²) in [6.07, 6.45) is 6.61. The van der Waals surface area contributed by atoms with Crippen molar-refractivity contribution in [2.75, 3.05) is 6.61 Å². The van der Waals surface area contributed by atoms with Crippen molar-refractivity contribution in [1.29, 1.82) is 0 Å². The summed E-state index contributed by atoms with van der Waals surface area (Å²) in [4.78, 5) is 11.4. The van der Waals surface area contributed by atoms with Crippen LogP contribution < -0.4 is 4.74 Å². The smallest absolute Gasteiger partial charge is 0.127 e. The Bertz CT molecular complexity index is 462. The van der Waals surface area contributed by atoms with Crippen molar-refractivity contribution in [3.8, 4) is 5.75 Å². The molecule has 1 heterocycles. The third-order valence-corrected chi connectivity index (χ3v) is 4.43. The van der Waals surface area contributed by atoms with Crippen molar-refractivity contribution in [2.24, 2.45) is 0 Å². The van der Waals surface area contributed by atoms with E-state index in [4.69, 9.17) is 4.74 Å².